The minimum atomic E-state index is -0.277. The van der Waals surface area contributed by atoms with E-state index in [9.17, 15) is 9.90 Å². The SMILES string of the molecule is O=C(C=Cc1ccccc1)NC(CO)Cc1ccccc1. The summed E-state index contributed by atoms with van der Waals surface area (Å²) in [6.07, 6.45) is 3.86. The third-order valence-electron chi connectivity index (χ3n) is 3.12. The van der Waals surface area contributed by atoms with Gasteiger partial charge < -0.3 is 10.4 Å². The molecule has 0 saturated heterocycles. The van der Waals surface area contributed by atoms with Crippen molar-refractivity contribution < 1.29 is 9.90 Å². The summed E-state index contributed by atoms with van der Waals surface area (Å²) in [6.45, 7) is -0.0835. The Morgan fingerprint density at radius 2 is 1.67 bits per heavy atom. The molecule has 3 heteroatoms. The van der Waals surface area contributed by atoms with Gasteiger partial charge in [-0.05, 0) is 23.6 Å². The Kier molecular flexibility index (Phi) is 5.73. The molecule has 0 aliphatic heterocycles. The van der Waals surface area contributed by atoms with E-state index in [1.807, 2.05) is 60.7 Å². The highest BCUT2D eigenvalue weighted by Crippen LogP contribution is 2.04. The first-order valence-electron chi connectivity index (χ1n) is 6.96. The molecule has 21 heavy (non-hydrogen) atoms. The van der Waals surface area contributed by atoms with Crippen molar-refractivity contribution >= 4 is 12.0 Å². The van der Waals surface area contributed by atoms with Crippen molar-refractivity contribution in [2.45, 2.75) is 12.5 Å². The molecule has 2 N–H and O–H groups in total. The van der Waals surface area contributed by atoms with Gasteiger partial charge in [0.05, 0.1) is 12.6 Å². The molecule has 0 fully saturated rings. The summed E-state index contributed by atoms with van der Waals surface area (Å²) in [7, 11) is 0. The quantitative estimate of drug-likeness (QED) is 0.799. The van der Waals surface area contributed by atoms with Crippen molar-refractivity contribution in [3.63, 3.8) is 0 Å². The minimum absolute atomic E-state index is 0.0835. The molecule has 0 spiro atoms. The molecule has 0 aliphatic carbocycles. The van der Waals surface area contributed by atoms with Crippen LogP contribution in [0.2, 0.25) is 0 Å². The van der Waals surface area contributed by atoms with Crippen LogP contribution in [0, 0.1) is 0 Å². The molecule has 1 amide bonds. The lowest BCUT2D eigenvalue weighted by molar-refractivity contribution is -0.117. The number of aliphatic hydroxyl groups is 1. The second-order valence-electron chi connectivity index (χ2n) is 4.82. The van der Waals surface area contributed by atoms with Gasteiger partial charge in [-0.2, -0.15) is 0 Å². The highest BCUT2D eigenvalue weighted by Gasteiger charge is 2.10. The van der Waals surface area contributed by atoms with Gasteiger partial charge in [0.25, 0.3) is 0 Å². The topological polar surface area (TPSA) is 49.3 Å². The smallest absolute Gasteiger partial charge is 0.244 e. The highest BCUT2D eigenvalue weighted by molar-refractivity contribution is 5.91. The molecule has 1 unspecified atom stereocenters. The Labute approximate surface area is 124 Å². The van der Waals surface area contributed by atoms with Gasteiger partial charge in [0, 0.05) is 6.08 Å². The number of aliphatic hydroxyl groups excluding tert-OH is 1. The third kappa shape index (κ3) is 5.24. The van der Waals surface area contributed by atoms with Crippen LogP contribution in [0.1, 0.15) is 11.1 Å². The Morgan fingerprint density at radius 3 is 2.29 bits per heavy atom. The van der Waals surface area contributed by atoms with Crippen LogP contribution in [0.5, 0.6) is 0 Å². The number of nitrogens with one attached hydrogen (secondary N) is 1. The van der Waals surface area contributed by atoms with E-state index in [-0.39, 0.29) is 18.6 Å². The lowest BCUT2D eigenvalue weighted by Crippen LogP contribution is -2.38. The first-order chi connectivity index (χ1) is 10.3. The number of hydrogen-bond acceptors (Lipinski definition) is 2. The number of benzene rings is 2. The zero-order chi connectivity index (χ0) is 14.9. The molecular weight excluding hydrogens is 262 g/mol. The zero-order valence-electron chi connectivity index (χ0n) is 11.8. The number of rotatable bonds is 6. The Bertz CT molecular complexity index is 579. The maximum Gasteiger partial charge on any atom is 0.244 e. The van der Waals surface area contributed by atoms with Crippen molar-refractivity contribution in [3.8, 4) is 0 Å². The predicted octanol–water partition coefficient (Wildman–Crippen LogP) is 2.42. The van der Waals surface area contributed by atoms with E-state index in [0.717, 1.165) is 11.1 Å². The van der Waals surface area contributed by atoms with Crippen LogP contribution >= 0.6 is 0 Å². The van der Waals surface area contributed by atoms with Gasteiger partial charge in [0.15, 0.2) is 0 Å². The Morgan fingerprint density at radius 1 is 1.05 bits per heavy atom. The van der Waals surface area contributed by atoms with E-state index in [4.69, 9.17) is 0 Å². The summed E-state index contributed by atoms with van der Waals surface area (Å²) in [5, 5.41) is 12.2. The van der Waals surface area contributed by atoms with Crippen LogP contribution in [0.25, 0.3) is 6.08 Å². The summed E-state index contributed by atoms with van der Waals surface area (Å²) in [5.74, 6) is -0.200. The standard InChI is InChI=1S/C18H19NO2/c20-14-17(13-16-9-5-2-6-10-16)19-18(21)12-11-15-7-3-1-4-8-15/h1-12,17,20H,13-14H2,(H,19,21). The minimum Gasteiger partial charge on any atom is -0.394 e. The summed E-state index contributed by atoms with van der Waals surface area (Å²) in [6, 6.07) is 19.1. The van der Waals surface area contributed by atoms with E-state index in [1.165, 1.54) is 6.08 Å². The summed E-state index contributed by atoms with van der Waals surface area (Å²) >= 11 is 0. The molecule has 1 atom stereocenters. The van der Waals surface area contributed by atoms with Gasteiger partial charge in [0.1, 0.15) is 0 Å². The van der Waals surface area contributed by atoms with Crippen LogP contribution in [-0.4, -0.2) is 23.7 Å². The molecular formula is C18H19NO2. The van der Waals surface area contributed by atoms with Crippen LogP contribution in [0.15, 0.2) is 66.7 Å². The fourth-order valence-electron chi connectivity index (χ4n) is 2.05. The Hall–Kier alpha value is -2.39. The van der Waals surface area contributed by atoms with E-state index >= 15 is 0 Å². The second-order valence-corrected chi connectivity index (χ2v) is 4.82. The first-order valence-corrected chi connectivity index (χ1v) is 6.96. The molecule has 0 bridgehead atoms. The molecule has 0 aliphatic rings. The average Bonchev–Trinajstić information content (AvgIpc) is 2.54. The van der Waals surface area contributed by atoms with Gasteiger partial charge in [0.2, 0.25) is 5.91 Å². The molecule has 0 aromatic heterocycles. The molecule has 2 rings (SSSR count). The van der Waals surface area contributed by atoms with Gasteiger partial charge in [-0.15, -0.1) is 0 Å². The van der Waals surface area contributed by atoms with E-state index < -0.39 is 0 Å². The monoisotopic (exact) mass is 281 g/mol. The van der Waals surface area contributed by atoms with Gasteiger partial charge >= 0.3 is 0 Å². The van der Waals surface area contributed by atoms with Crippen molar-refractivity contribution in [1.29, 1.82) is 0 Å². The second kappa shape index (κ2) is 8.02. The Balaban J connectivity index is 1.89. The lowest BCUT2D eigenvalue weighted by atomic mass is 10.1. The van der Waals surface area contributed by atoms with E-state index in [2.05, 4.69) is 5.32 Å². The van der Waals surface area contributed by atoms with Crippen molar-refractivity contribution in [1.82, 2.24) is 5.32 Å². The van der Waals surface area contributed by atoms with E-state index in [0.29, 0.717) is 6.42 Å². The third-order valence-corrected chi connectivity index (χ3v) is 3.12. The van der Waals surface area contributed by atoms with Crippen molar-refractivity contribution in [2.75, 3.05) is 6.61 Å². The summed E-state index contributed by atoms with van der Waals surface area (Å²) < 4.78 is 0. The van der Waals surface area contributed by atoms with Crippen LogP contribution < -0.4 is 5.32 Å². The van der Waals surface area contributed by atoms with Crippen LogP contribution in [-0.2, 0) is 11.2 Å². The molecule has 3 nitrogen and oxygen atoms in total. The zero-order valence-corrected chi connectivity index (χ0v) is 11.8. The summed E-state index contributed by atoms with van der Waals surface area (Å²) in [5.41, 5.74) is 2.06. The van der Waals surface area contributed by atoms with Gasteiger partial charge in [-0.25, -0.2) is 0 Å². The molecule has 0 heterocycles. The van der Waals surface area contributed by atoms with E-state index in [1.54, 1.807) is 6.08 Å². The maximum atomic E-state index is 11.9. The molecule has 0 radical (unpaired) electrons. The van der Waals surface area contributed by atoms with Crippen LogP contribution in [0.3, 0.4) is 0 Å². The number of carbonyl (C=O) groups is 1. The molecule has 108 valence electrons. The average molecular weight is 281 g/mol. The number of carbonyl (C=O) groups excluding carboxylic acids is 1. The maximum absolute atomic E-state index is 11.9. The summed E-state index contributed by atoms with van der Waals surface area (Å²) in [4.78, 5) is 11.9. The lowest BCUT2D eigenvalue weighted by Gasteiger charge is -2.15. The predicted molar refractivity (Wildman–Crippen MR) is 84.6 cm³/mol. The molecule has 2 aromatic carbocycles. The largest absolute Gasteiger partial charge is 0.394 e. The number of amides is 1. The fraction of sp³-hybridized carbons (Fsp3) is 0.167. The van der Waals surface area contributed by atoms with Gasteiger partial charge in [-0.1, -0.05) is 60.7 Å². The van der Waals surface area contributed by atoms with Crippen LogP contribution in [0.4, 0.5) is 0 Å². The highest BCUT2D eigenvalue weighted by atomic mass is 16.3. The van der Waals surface area contributed by atoms with Crippen molar-refractivity contribution in [3.05, 3.63) is 77.9 Å². The normalized spacial score (nSPS) is 12.2. The number of hydrogen-bond donors (Lipinski definition) is 2. The fourth-order valence-corrected chi connectivity index (χ4v) is 2.05. The van der Waals surface area contributed by atoms with Crippen molar-refractivity contribution in [2.24, 2.45) is 0 Å². The van der Waals surface area contributed by atoms with Gasteiger partial charge in [-0.3, -0.25) is 4.79 Å². The first kappa shape index (κ1) is 15.0. The molecule has 2 aromatic rings. The molecule has 0 saturated carbocycles.